The van der Waals surface area contributed by atoms with Crippen molar-refractivity contribution < 1.29 is 9.84 Å². The predicted molar refractivity (Wildman–Crippen MR) is 56.3 cm³/mol. The molecule has 68 valence electrons. The first-order chi connectivity index (χ1) is 6.24. The molecule has 0 unspecified atom stereocenters. The number of ether oxygens (including phenoxy) is 1. The van der Waals surface area contributed by atoms with Crippen LogP contribution in [-0.2, 0) is 6.61 Å². The summed E-state index contributed by atoms with van der Waals surface area (Å²) in [6.45, 7) is -0.143. The Balaban J connectivity index is 3.39. The number of methoxy groups -OCH3 is 1. The molecule has 0 saturated carbocycles. The van der Waals surface area contributed by atoms with Gasteiger partial charge in [0.15, 0.2) is 0 Å². The van der Waals surface area contributed by atoms with Gasteiger partial charge in [-0.15, -0.1) is 0 Å². The number of aliphatic hydroxyl groups excluding tert-OH is 1. The molecule has 1 aromatic rings. The summed E-state index contributed by atoms with van der Waals surface area (Å²) in [5.74, 6) is 0.537. The third-order valence-corrected chi connectivity index (χ3v) is 2.53. The fraction of sp³-hybridized carbons (Fsp3) is 0.222. The van der Waals surface area contributed by atoms with Crippen LogP contribution in [0.25, 0.3) is 0 Å². The molecule has 3 nitrogen and oxygen atoms in total. The Labute approximate surface area is 90.1 Å². The molecular weight excluding hydrogens is 281 g/mol. The standard InChI is InChI=1S/C9H8INO2/c1-13-9-7(4-11)6(5-12)2-3-8(9)10/h2-3,12H,5H2,1H3. The third-order valence-electron chi connectivity index (χ3n) is 1.68. The van der Waals surface area contributed by atoms with Crippen molar-refractivity contribution in [1.82, 2.24) is 0 Å². The lowest BCUT2D eigenvalue weighted by molar-refractivity contribution is 0.280. The molecule has 4 heteroatoms. The van der Waals surface area contributed by atoms with Crippen molar-refractivity contribution >= 4 is 22.6 Å². The van der Waals surface area contributed by atoms with Crippen molar-refractivity contribution in [3.63, 3.8) is 0 Å². The van der Waals surface area contributed by atoms with Gasteiger partial charge in [0, 0.05) is 0 Å². The summed E-state index contributed by atoms with van der Waals surface area (Å²) in [4.78, 5) is 0. The maximum Gasteiger partial charge on any atom is 0.150 e. The second kappa shape index (κ2) is 4.44. The zero-order valence-corrected chi connectivity index (χ0v) is 9.20. The van der Waals surface area contributed by atoms with E-state index in [2.05, 4.69) is 22.6 Å². The summed E-state index contributed by atoms with van der Waals surface area (Å²) in [5, 5.41) is 17.8. The largest absolute Gasteiger partial charge is 0.494 e. The minimum absolute atomic E-state index is 0.143. The predicted octanol–water partition coefficient (Wildman–Crippen LogP) is 1.66. The molecule has 0 radical (unpaired) electrons. The van der Waals surface area contributed by atoms with E-state index in [-0.39, 0.29) is 6.61 Å². The number of benzene rings is 1. The summed E-state index contributed by atoms with van der Waals surface area (Å²) in [6, 6.07) is 5.55. The Bertz CT molecular complexity index is 357. The van der Waals surface area contributed by atoms with Crippen LogP contribution in [0.4, 0.5) is 0 Å². The smallest absolute Gasteiger partial charge is 0.150 e. The lowest BCUT2D eigenvalue weighted by Crippen LogP contribution is -1.96. The van der Waals surface area contributed by atoms with Crippen LogP contribution in [0.1, 0.15) is 11.1 Å². The maximum atomic E-state index is 8.95. The topological polar surface area (TPSA) is 53.2 Å². The quantitative estimate of drug-likeness (QED) is 0.842. The molecule has 1 aromatic carbocycles. The van der Waals surface area contributed by atoms with E-state index in [1.54, 1.807) is 6.07 Å². The SMILES string of the molecule is COc1c(I)ccc(CO)c1C#N. The van der Waals surface area contributed by atoms with Crippen LogP contribution >= 0.6 is 22.6 Å². The molecule has 0 aliphatic heterocycles. The van der Waals surface area contributed by atoms with Gasteiger partial charge in [-0.3, -0.25) is 0 Å². The summed E-state index contributed by atoms with van der Waals surface area (Å²) in [5.41, 5.74) is 1.01. The van der Waals surface area contributed by atoms with Crippen molar-refractivity contribution in [2.45, 2.75) is 6.61 Å². The minimum Gasteiger partial charge on any atom is -0.494 e. The van der Waals surface area contributed by atoms with Crippen LogP contribution in [-0.4, -0.2) is 12.2 Å². The molecule has 0 atom stereocenters. The second-order valence-corrected chi connectivity index (χ2v) is 3.55. The Kier molecular flexibility index (Phi) is 3.51. The number of rotatable bonds is 2. The average Bonchev–Trinajstić information content (AvgIpc) is 2.17. The molecule has 0 heterocycles. The monoisotopic (exact) mass is 289 g/mol. The van der Waals surface area contributed by atoms with Crippen LogP contribution in [0.2, 0.25) is 0 Å². The van der Waals surface area contributed by atoms with Gasteiger partial charge in [0.2, 0.25) is 0 Å². The lowest BCUT2D eigenvalue weighted by Gasteiger charge is -2.08. The molecular formula is C9H8INO2. The molecule has 0 spiro atoms. The first-order valence-corrected chi connectivity index (χ1v) is 4.68. The van der Waals surface area contributed by atoms with Crippen molar-refractivity contribution in [3.8, 4) is 11.8 Å². The van der Waals surface area contributed by atoms with E-state index in [1.165, 1.54) is 7.11 Å². The zero-order valence-electron chi connectivity index (χ0n) is 7.04. The molecule has 0 fully saturated rings. The van der Waals surface area contributed by atoms with Crippen molar-refractivity contribution in [3.05, 3.63) is 26.8 Å². The Morgan fingerprint density at radius 2 is 2.31 bits per heavy atom. The second-order valence-electron chi connectivity index (χ2n) is 2.38. The van der Waals surface area contributed by atoms with Crippen LogP contribution in [0, 0.1) is 14.9 Å². The molecule has 0 bridgehead atoms. The van der Waals surface area contributed by atoms with Crippen LogP contribution in [0.15, 0.2) is 12.1 Å². The van der Waals surface area contributed by atoms with E-state index in [0.717, 1.165) is 3.57 Å². The van der Waals surface area contributed by atoms with E-state index >= 15 is 0 Å². The van der Waals surface area contributed by atoms with Gasteiger partial charge in [0.1, 0.15) is 17.4 Å². The molecule has 13 heavy (non-hydrogen) atoms. The summed E-state index contributed by atoms with van der Waals surface area (Å²) in [7, 11) is 1.51. The number of hydrogen-bond donors (Lipinski definition) is 1. The van der Waals surface area contributed by atoms with Gasteiger partial charge in [-0.2, -0.15) is 5.26 Å². The summed E-state index contributed by atoms with van der Waals surface area (Å²) < 4.78 is 5.94. The van der Waals surface area contributed by atoms with Gasteiger partial charge in [-0.05, 0) is 34.2 Å². The highest BCUT2D eigenvalue weighted by atomic mass is 127. The number of nitrogens with zero attached hydrogens (tertiary/aromatic N) is 1. The van der Waals surface area contributed by atoms with Crippen molar-refractivity contribution in [2.75, 3.05) is 7.11 Å². The van der Waals surface area contributed by atoms with Gasteiger partial charge >= 0.3 is 0 Å². The minimum atomic E-state index is -0.143. The van der Waals surface area contributed by atoms with E-state index in [9.17, 15) is 0 Å². The molecule has 0 aromatic heterocycles. The molecule has 0 saturated heterocycles. The van der Waals surface area contributed by atoms with E-state index in [1.807, 2.05) is 12.1 Å². The molecule has 0 amide bonds. The highest BCUT2D eigenvalue weighted by Crippen LogP contribution is 2.27. The fourth-order valence-corrected chi connectivity index (χ4v) is 1.72. The van der Waals surface area contributed by atoms with Crippen LogP contribution in [0.3, 0.4) is 0 Å². The molecule has 0 aliphatic rings. The Hall–Kier alpha value is -0.800. The fourth-order valence-electron chi connectivity index (χ4n) is 1.05. The zero-order chi connectivity index (χ0) is 9.84. The highest BCUT2D eigenvalue weighted by molar-refractivity contribution is 14.1. The van der Waals surface area contributed by atoms with Gasteiger partial charge < -0.3 is 9.84 Å². The lowest BCUT2D eigenvalue weighted by atomic mass is 10.1. The molecule has 0 aliphatic carbocycles. The van der Waals surface area contributed by atoms with Gasteiger partial charge in [-0.25, -0.2) is 0 Å². The molecule has 1 rings (SSSR count). The average molecular weight is 289 g/mol. The maximum absolute atomic E-state index is 8.95. The molecule has 1 N–H and O–H groups in total. The van der Waals surface area contributed by atoms with Crippen molar-refractivity contribution in [1.29, 1.82) is 5.26 Å². The van der Waals surface area contributed by atoms with Crippen LogP contribution in [0.5, 0.6) is 5.75 Å². The number of hydrogen-bond acceptors (Lipinski definition) is 3. The van der Waals surface area contributed by atoms with Crippen LogP contribution < -0.4 is 4.74 Å². The van der Waals surface area contributed by atoms with Gasteiger partial charge in [-0.1, -0.05) is 6.07 Å². The first-order valence-electron chi connectivity index (χ1n) is 3.61. The normalized spacial score (nSPS) is 9.38. The van der Waals surface area contributed by atoms with E-state index < -0.39 is 0 Å². The van der Waals surface area contributed by atoms with E-state index in [4.69, 9.17) is 15.1 Å². The summed E-state index contributed by atoms with van der Waals surface area (Å²) >= 11 is 2.08. The Morgan fingerprint density at radius 1 is 1.62 bits per heavy atom. The third kappa shape index (κ3) is 1.92. The number of halogens is 1. The van der Waals surface area contributed by atoms with Gasteiger partial charge in [0.25, 0.3) is 0 Å². The first kappa shape index (κ1) is 10.3. The van der Waals surface area contributed by atoms with Crippen molar-refractivity contribution in [2.24, 2.45) is 0 Å². The van der Waals surface area contributed by atoms with Gasteiger partial charge in [0.05, 0.1) is 17.3 Å². The van der Waals surface area contributed by atoms with E-state index in [0.29, 0.717) is 16.9 Å². The summed E-state index contributed by atoms with van der Waals surface area (Å²) in [6.07, 6.45) is 0. The highest BCUT2D eigenvalue weighted by Gasteiger charge is 2.11. The number of nitriles is 1. The Morgan fingerprint density at radius 3 is 2.77 bits per heavy atom. The number of aliphatic hydroxyl groups is 1.